The molecular weight excluding hydrogens is 199 g/mol. The van der Waals surface area contributed by atoms with E-state index in [2.05, 4.69) is 0 Å². The van der Waals surface area contributed by atoms with Crippen LogP contribution < -0.4 is 9.47 Å². The summed E-state index contributed by atoms with van der Waals surface area (Å²) < 4.78 is 23.3. The molecule has 0 aromatic heterocycles. The zero-order chi connectivity index (χ0) is 11.4. The Morgan fingerprint density at radius 1 is 1.33 bits per heavy atom. The fourth-order valence-corrected chi connectivity index (χ4v) is 1.36. The van der Waals surface area contributed by atoms with Gasteiger partial charge < -0.3 is 9.47 Å². The van der Waals surface area contributed by atoms with E-state index in [9.17, 15) is 9.18 Å². The van der Waals surface area contributed by atoms with Crippen LogP contribution in [0.15, 0.2) is 12.1 Å². The van der Waals surface area contributed by atoms with Crippen molar-refractivity contribution < 1.29 is 18.7 Å². The Hall–Kier alpha value is -1.58. The van der Waals surface area contributed by atoms with Gasteiger partial charge in [-0.2, -0.15) is 4.39 Å². The van der Waals surface area contributed by atoms with Gasteiger partial charge in [0.15, 0.2) is 11.5 Å². The number of methoxy groups -OCH3 is 2. The maximum Gasteiger partial charge on any atom is 0.207 e. The number of Topliss-reactive ketones (excluding diaryl/α,β-unsaturated/α-hetero) is 1. The fraction of sp³-hybridized carbons (Fsp3) is 0.364. The van der Waals surface area contributed by atoms with Gasteiger partial charge in [-0.15, -0.1) is 0 Å². The molecule has 0 aliphatic carbocycles. The Kier molecular flexibility index (Phi) is 3.66. The Labute approximate surface area is 87.8 Å². The predicted molar refractivity (Wildman–Crippen MR) is 53.9 cm³/mol. The number of hydrogen-bond donors (Lipinski definition) is 0. The third kappa shape index (κ3) is 2.46. The van der Waals surface area contributed by atoms with Crippen molar-refractivity contribution >= 4 is 5.78 Å². The van der Waals surface area contributed by atoms with Crippen LogP contribution >= 0.6 is 0 Å². The van der Waals surface area contributed by atoms with Crippen LogP contribution in [-0.2, 0) is 11.2 Å². The van der Waals surface area contributed by atoms with Crippen LogP contribution in [0.1, 0.15) is 12.5 Å². The van der Waals surface area contributed by atoms with Gasteiger partial charge in [-0.1, -0.05) is 6.07 Å². The molecule has 0 heterocycles. The van der Waals surface area contributed by atoms with Gasteiger partial charge >= 0.3 is 0 Å². The molecule has 0 aliphatic rings. The highest BCUT2D eigenvalue weighted by atomic mass is 19.1. The van der Waals surface area contributed by atoms with Crippen LogP contribution in [0.2, 0.25) is 0 Å². The van der Waals surface area contributed by atoms with Gasteiger partial charge in [0.1, 0.15) is 5.78 Å². The van der Waals surface area contributed by atoms with Crippen LogP contribution in [0.25, 0.3) is 0 Å². The molecule has 0 spiro atoms. The molecule has 0 radical (unpaired) electrons. The number of ether oxygens (including phenoxy) is 2. The summed E-state index contributed by atoms with van der Waals surface area (Å²) in [7, 11) is 2.74. The molecule has 1 rings (SSSR count). The van der Waals surface area contributed by atoms with Gasteiger partial charge in [0.05, 0.1) is 14.2 Å². The first-order valence-electron chi connectivity index (χ1n) is 4.49. The van der Waals surface area contributed by atoms with Crippen molar-refractivity contribution in [3.8, 4) is 11.5 Å². The van der Waals surface area contributed by atoms with E-state index in [1.54, 1.807) is 6.07 Å². The zero-order valence-corrected chi connectivity index (χ0v) is 8.96. The van der Waals surface area contributed by atoms with E-state index < -0.39 is 5.82 Å². The van der Waals surface area contributed by atoms with E-state index in [-0.39, 0.29) is 23.7 Å². The van der Waals surface area contributed by atoms with E-state index in [1.165, 1.54) is 27.2 Å². The molecular formula is C11H13FO3. The molecule has 3 nitrogen and oxygen atoms in total. The minimum absolute atomic E-state index is 0.0436. The van der Waals surface area contributed by atoms with Gasteiger partial charge in [-0.05, 0) is 13.0 Å². The molecule has 0 aliphatic heterocycles. The van der Waals surface area contributed by atoms with E-state index in [0.717, 1.165) is 0 Å². The smallest absolute Gasteiger partial charge is 0.207 e. The molecule has 0 amide bonds. The summed E-state index contributed by atoms with van der Waals surface area (Å²) in [6.45, 7) is 1.45. The van der Waals surface area contributed by atoms with E-state index >= 15 is 0 Å². The van der Waals surface area contributed by atoms with Crippen LogP contribution in [0.4, 0.5) is 4.39 Å². The van der Waals surface area contributed by atoms with Gasteiger partial charge in [-0.3, -0.25) is 4.79 Å². The van der Waals surface area contributed by atoms with Crippen molar-refractivity contribution in [1.29, 1.82) is 0 Å². The Morgan fingerprint density at radius 2 is 2.00 bits per heavy atom. The summed E-state index contributed by atoms with van der Waals surface area (Å²) in [6, 6.07) is 3.11. The quantitative estimate of drug-likeness (QED) is 0.765. The van der Waals surface area contributed by atoms with Gasteiger partial charge in [0.2, 0.25) is 5.82 Å². The number of carbonyl (C=O) groups excluding carboxylic acids is 1. The summed E-state index contributed by atoms with van der Waals surface area (Å²) in [5.74, 6) is -0.430. The van der Waals surface area contributed by atoms with Crippen molar-refractivity contribution in [2.24, 2.45) is 0 Å². The number of hydrogen-bond acceptors (Lipinski definition) is 3. The molecule has 1 aromatic carbocycles. The average Bonchev–Trinajstić information content (AvgIpc) is 2.18. The molecule has 82 valence electrons. The highest BCUT2D eigenvalue weighted by Gasteiger charge is 2.15. The Balaban J connectivity index is 3.18. The summed E-state index contributed by atoms with van der Waals surface area (Å²) in [6.07, 6.45) is 0.157. The highest BCUT2D eigenvalue weighted by molar-refractivity contribution is 5.79. The van der Waals surface area contributed by atoms with Crippen molar-refractivity contribution in [2.45, 2.75) is 13.3 Å². The molecule has 0 unspecified atom stereocenters. The minimum atomic E-state index is -0.571. The molecule has 0 bridgehead atoms. The van der Waals surface area contributed by atoms with Crippen molar-refractivity contribution in [3.63, 3.8) is 0 Å². The molecule has 0 atom stereocenters. The SMILES string of the molecule is COc1ccc(CC(C)=O)c(OC)c1F. The lowest BCUT2D eigenvalue weighted by Crippen LogP contribution is -2.02. The number of rotatable bonds is 4. The maximum atomic E-state index is 13.6. The number of benzene rings is 1. The molecule has 0 N–H and O–H groups in total. The first-order chi connectivity index (χ1) is 7.10. The highest BCUT2D eigenvalue weighted by Crippen LogP contribution is 2.30. The van der Waals surface area contributed by atoms with Crippen LogP contribution in [0.5, 0.6) is 11.5 Å². The molecule has 1 aromatic rings. The number of carbonyl (C=O) groups is 1. The molecule has 0 fully saturated rings. The van der Waals surface area contributed by atoms with Gasteiger partial charge in [-0.25, -0.2) is 0 Å². The predicted octanol–water partition coefficient (Wildman–Crippen LogP) is 1.97. The lowest BCUT2D eigenvalue weighted by Gasteiger charge is -2.10. The second kappa shape index (κ2) is 4.77. The molecule has 4 heteroatoms. The molecule has 0 saturated heterocycles. The normalized spacial score (nSPS) is 9.87. The van der Waals surface area contributed by atoms with Gasteiger partial charge in [0.25, 0.3) is 0 Å². The van der Waals surface area contributed by atoms with Crippen LogP contribution in [-0.4, -0.2) is 20.0 Å². The minimum Gasteiger partial charge on any atom is -0.494 e. The Morgan fingerprint density at radius 3 is 2.47 bits per heavy atom. The Bertz CT molecular complexity index is 374. The van der Waals surface area contributed by atoms with E-state index in [1.807, 2.05) is 0 Å². The first-order valence-corrected chi connectivity index (χ1v) is 4.49. The average molecular weight is 212 g/mol. The largest absolute Gasteiger partial charge is 0.494 e. The molecule has 0 saturated carbocycles. The third-order valence-corrected chi connectivity index (χ3v) is 2.01. The molecule has 15 heavy (non-hydrogen) atoms. The summed E-state index contributed by atoms with van der Waals surface area (Å²) >= 11 is 0. The van der Waals surface area contributed by atoms with Crippen LogP contribution in [0, 0.1) is 5.82 Å². The lowest BCUT2D eigenvalue weighted by molar-refractivity contribution is -0.116. The standard InChI is InChI=1S/C11H13FO3/c1-7(13)6-8-4-5-9(14-2)10(12)11(8)15-3/h4-5H,6H2,1-3H3. The van der Waals surface area contributed by atoms with E-state index in [0.29, 0.717) is 5.56 Å². The fourth-order valence-electron chi connectivity index (χ4n) is 1.36. The zero-order valence-electron chi connectivity index (χ0n) is 8.96. The second-order valence-electron chi connectivity index (χ2n) is 3.15. The topological polar surface area (TPSA) is 35.5 Å². The first kappa shape index (κ1) is 11.5. The lowest BCUT2D eigenvalue weighted by atomic mass is 10.1. The van der Waals surface area contributed by atoms with E-state index in [4.69, 9.17) is 9.47 Å². The summed E-state index contributed by atoms with van der Waals surface area (Å²) in [4.78, 5) is 10.9. The third-order valence-electron chi connectivity index (χ3n) is 2.01. The maximum absolute atomic E-state index is 13.6. The van der Waals surface area contributed by atoms with Gasteiger partial charge in [0, 0.05) is 12.0 Å². The second-order valence-corrected chi connectivity index (χ2v) is 3.15. The summed E-state index contributed by atoms with van der Waals surface area (Å²) in [5.41, 5.74) is 0.531. The van der Waals surface area contributed by atoms with Crippen molar-refractivity contribution in [3.05, 3.63) is 23.5 Å². The van der Waals surface area contributed by atoms with Crippen molar-refractivity contribution in [1.82, 2.24) is 0 Å². The monoisotopic (exact) mass is 212 g/mol. The van der Waals surface area contributed by atoms with Crippen LogP contribution in [0.3, 0.4) is 0 Å². The number of halogens is 1. The van der Waals surface area contributed by atoms with Crippen molar-refractivity contribution in [2.75, 3.05) is 14.2 Å². The number of ketones is 1. The summed E-state index contributed by atoms with van der Waals surface area (Å²) in [5, 5.41) is 0.